The van der Waals surface area contributed by atoms with Crippen LogP contribution < -0.4 is 10.6 Å². The Morgan fingerprint density at radius 2 is 1.88 bits per heavy atom. The summed E-state index contributed by atoms with van der Waals surface area (Å²) < 4.78 is 27.2. The summed E-state index contributed by atoms with van der Waals surface area (Å²) in [6.45, 7) is 7.81. The van der Waals surface area contributed by atoms with Crippen LogP contribution >= 0.6 is 0 Å². The minimum absolute atomic E-state index is 0.0574. The van der Waals surface area contributed by atoms with Crippen molar-refractivity contribution < 1.29 is 13.2 Å². The van der Waals surface area contributed by atoms with E-state index in [9.17, 15) is 13.2 Å². The van der Waals surface area contributed by atoms with Gasteiger partial charge < -0.3 is 10.6 Å². The van der Waals surface area contributed by atoms with Gasteiger partial charge in [-0.2, -0.15) is 4.31 Å². The topological polar surface area (TPSA) is 78.5 Å². The van der Waals surface area contributed by atoms with E-state index in [-0.39, 0.29) is 12.1 Å². The number of urea groups is 1. The maximum atomic E-state index is 12.8. The van der Waals surface area contributed by atoms with E-state index in [0.717, 1.165) is 24.8 Å². The normalized spacial score (nSPS) is 18.7. The molecule has 0 aromatic heterocycles. The minimum atomic E-state index is -3.42. The van der Waals surface area contributed by atoms with Crippen LogP contribution in [0.25, 0.3) is 0 Å². The molecule has 1 aromatic carbocycles. The Balaban J connectivity index is 1.88. The number of piperidine rings is 1. The Hall–Kier alpha value is -1.60. The number of rotatable bonds is 7. The van der Waals surface area contributed by atoms with Gasteiger partial charge in [-0.15, -0.1) is 0 Å². The maximum absolute atomic E-state index is 12.8. The van der Waals surface area contributed by atoms with Crippen molar-refractivity contribution in [2.45, 2.75) is 57.4 Å². The molecule has 2 rings (SSSR count). The van der Waals surface area contributed by atoms with Gasteiger partial charge in [0.1, 0.15) is 0 Å². The average Bonchev–Trinajstić information content (AvgIpc) is 2.60. The molecule has 1 heterocycles. The van der Waals surface area contributed by atoms with Gasteiger partial charge in [-0.05, 0) is 49.8 Å². The molecular weight excluding hydrogens is 350 g/mol. The SMILES string of the molecule is CC(C)CNC(=O)NCCc1ccc(S(=O)(=O)N2CCCCC2C)cc1. The van der Waals surface area contributed by atoms with E-state index in [1.54, 1.807) is 16.4 Å². The van der Waals surface area contributed by atoms with Gasteiger partial charge in [-0.1, -0.05) is 32.4 Å². The van der Waals surface area contributed by atoms with E-state index < -0.39 is 10.0 Å². The lowest BCUT2D eigenvalue weighted by Crippen LogP contribution is -2.41. The van der Waals surface area contributed by atoms with Crippen molar-refractivity contribution in [1.29, 1.82) is 0 Å². The van der Waals surface area contributed by atoms with E-state index >= 15 is 0 Å². The summed E-state index contributed by atoms with van der Waals surface area (Å²) in [5, 5.41) is 5.62. The number of nitrogens with zero attached hydrogens (tertiary/aromatic N) is 1. The van der Waals surface area contributed by atoms with Crippen molar-refractivity contribution in [2.75, 3.05) is 19.6 Å². The number of hydrogen-bond acceptors (Lipinski definition) is 3. The Morgan fingerprint density at radius 1 is 1.19 bits per heavy atom. The molecule has 0 spiro atoms. The largest absolute Gasteiger partial charge is 0.338 e. The van der Waals surface area contributed by atoms with Crippen LogP contribution in [0.3, 0.4) is 0 Å². The lowest BCUT2D eigenvalue weighted by Gasteiger charge is -2.32. The van der Waals surface area contributed by atoms with E-state index in [1.807, 2.05) is 32.9 Å². The first-order valence-corrected chi connectivity index (χ1v) is 10.9. The molecule has 0 saturated carbocycles. The first-order chi connectivity index (χ1) is 12.3. The molecule has 1 saturated heterocycles. The van der Waals surface area contributed by atoms with Crippen molar-refractivity contribution in [3.8, 4) is 0 Å². The number of carbonyl (C=O) groups excluding carboxylic acids is 1. The quantitative estimate of drug-likeness (QED) is 0.762. The molecule has 0 aliphatic carbocycles. The fourth-order valence-electron chi connectivity index (χ4n) is 3.07. The van der Waals surface area contributed by atoms with E-state index in [0.29, 0.717) is 36.9 Å². The Morgan fingerprint density at radius 3 is 2.50 bits per heavy atom. The fourth-order valence-corrected chi connectivity index (χ4v) is 4.77. The monoisotopic (exact) mass is 381 g/mol. The molecule has 1 unspecified atom stereocenters. The second kappa shape index (κ2) is 9.37. The summed E-state index contributed by atoms with van der Waals surface area (Å²) in [5.41, 5.74) is 1.000. The van der Waals surface area contributed by atoms with Gasteiger partial charge in [0.05, 0.1) is 4.90 Å². The summed E-state index contributed by atoms with van der Waals surface area (Å²) in [7, 11) is -3.42. The van der Waals surface area contributed by atoms with Crippen LogP contribution in [0, 0.1) is 5.92 Å². The molecule has 6 nitrogen and oxygen atoms in total. The molecule has 1 atom stereocenters. The van der Waals surface area contributed by atoms with Crippen LogP contribution in [-0.4, -0.2) is 44.4 Å². The maximum Gasteiger partial charge on any atom is 0.314 e. The molecule has 26 heavy (non-hydrogen) atoms. The Kier molecular flexibility index (Phi) is 7.46. The predicted octanol–water partition coefficient (Wildman–Crippen LogP) is 2.75. The van der Waals surface area contributed by atoms with Gasteiger partial charge >= 0.3 is 6.03 Å². The number of sulfonamides is 1. The first kappa shape index (κ1) is 20.7. The molecular formula is C19H31N3O3S. The smallest absolute Gasteiger partial charge is 0.314 e. The molecule has 2 amide bonds. The van der Waals surface area contributed by atoms with Crippen molar-refractivity contribution in [3.05, 3.63) is 29.8 Å². The van der Waals surface area contributed by atoms with Gasteiger partial charge in [-0.25, -0.2) is 13.2 Å². The third-order valence-corrected chi connectivity index (χ3v) is 6.67. The van der Waals surface area contributed by atoms with E-state index in [4.69, 9.17) is 0 Å². The summed E-state index contributed by atoms with van der Waals surface area (Å²) in [6, 6.07) is 6.89. The zero-order valence-corrected chi connectivity index (χ0v) is 16.8. The molecule has 1 fully saturated rings. The third-order valence-electron chi connectivity index (χ3n) is 4.64. The second-order valence-corrected chi connectivity index (χ2v) is 9.28. The Bertz CT molecular complexity index is 686. The zero-order valence-electron chi connectivity index (χ0n) is 16.0. The van der Waals surface area contributed by atoms with Crippen LogP contribution in [0.5, 0.6) is 0 Å². The summed E-state index contributed by atoms with van der Waals surface area (Å²) in [5.74, 6) is 0.415. The highest BCUT2D eigenvalue weighted by Crippen LogP contribution is 2.25. The van der Waals surface area contributed by atoms with Gasteiger partial charge in [0.15, 0.2) is 0 Å². The van der Waals surface area contributed by atoms with Gasteiger partial charge in [0.25, 0.3) is 0 Å². The number of hydrogen-bond donors (Lipinski definition) is 2. The van der Waals surface area contributed by atoms with Crippen LogP contribution in [0.15, 0.2) is 29.2 Å². The lowest BCUT2D eigenvalue weighted by atomic mass is 10.1. The average molecular weight is 382 g/mol. The summed E-state index contributed by atoms with van der Waals surface area (Å²) >= 11 is 0. The van der Waals surface area contributed by atoms with E-state index in [1.165, 1.54) is 0 Å². The van der Waals surface area contributed by atoms with Crippen LogP contribution in [-0.2, 0) is 16.4 Å². The molecule has 1 aliphatic heterocycles. The second-order valence-electron chi connectivity index (χ2n) is 7.39. The third kappa shape index (κ3) is 5.71. The van der Waals surface area contributed by atoms with Crippen LogP contribution in [0.2, 0.25) is 0 Å². The molecule has 0 radical (unpaired) electrons. The molecule has 1 aliphatic rings. The van der Waals surface area contributed by atoms with E-state index in [2.05, 4.69) is 10.6 Å². The van der Waals surface area contributed by atoms with Crippen molar-refractivity contribution in [2.24, 2.45) is 5.92 Å². The van der Waals surface area contributed by atoms with Gasteiger partial charge in [0, 0.05) is 25.7 Å². The minimum Gasteiger partial charge on any atom is -0.338 e. The highest BCUT2D eigenvalue weighted by atomic mass is 32.2. The van der Waals surface area contributed by atoms with Gasteiger partial charge in [-0.3, -0.25) is 0 Å². The highest BCUT2D eigenvalue weighted by molar-refractivity contribution is 7.89. The Labute approximate surface area is 157 Å². The van der Waals surface area contributed by atoms with Crippen LogP contribution in [0.1, 0.15) is 45.6 Å². The number of benzene rings is 1. The summed E-state index contributed by atoms with van der Waals surface area (Å²) in [4.78, 5) is 12.0. The number of nitrogens with one attached hydrogen (secondary N) is 2. The van der Waals surface area contributed by atoms with Gasteiger partial charge in [0.2, 0.25) is 10.0 Å². The standard InChI is InChI=1S/C19H31N3O3S/c1-15(2)14-21-19(23)20-12-11-17-7-9-18(10-8-17)26(24,25)22-13-5-4-6-16(22)3/h7-10,15-16H,4-6,11-14H2,1-3H3,(H2,20,21,23). The van der Waals surface area contributed by atoms with Crippen molar-refractivity contribution >= 4 is 16.1 Å². The molecule has 0 bridgehead atoms. The fraction of sp³-hybridized carbons (Fsp3) is 0.632. The van der Waals surface area contributed by atoms with Crippen LogP contribution in [0.4, 0.5) is 4.79 Å². The molecule has 2 N–H and O–H groups in total. The predicted molar refractivity (Wildman–Crippen MR) is 104 cm³/mol. The lowest BCUT2D eigenvalue weighted by molar-refractivity contribution is 0.239. The molecule has 146 valence electrons. The van der Waals surface area contributed by atoms with Crippen molar-refractivity contribution in [1.82, 2.24) is 14.9 Å². The van der Waals surface area contributed by atoms with Crippen molar-refractivity contribution in [3.63, 3.8) is 0 Å². The number of carbonyl (C=O) groups is 1. The molecule has 7 heteroatoms. The molecule has 1 aromatic rings. The highest BCUT2D eigenvalue weighted by Gasteiger charge is 2.30. The summed E-state index contributed by atoms with van der Waals surface area (Å²) in [6.07, 6.45) is 3.59. The first-order valence-electron chi connectivity index (χ1n) is 9.43. The zero-order chi connectivity index (χ0) is 19.2. The number of amides is 2.